The smallest absolute Gasteiger partial charge is 0.271 e. The van der Waals surface area contributed by atoms with Gasteiger partial charge in [0.25, 0.3) is 11.8 Å². The Morgan fingerprint density at radius 3 is 2.39 bits per heavy atom. The summed E-state index contributed by atoms with van der Waals surface area (Å²) in [5, 5.41) is 18.3. The van der Waals surface area contributed by atoms with Crippen molar-refractivity contribution in [2.75, 3.05) is 6.61 Å². The lowest BCUT2D eigenvalue weighted by atomic mass is 10.00. The van der Waals surface area contributed by atoms with E-state index in [2.05, 4.69) is 15.8 Å². The number of amides is 2. The maximum atomic E-state index is 12.7. The van der Waals surface area contributed by atoms with E-state index in [4.69, 9.17) is 16.3 Å². The Morgan fingerprint density at radius 1 is 0.854 bits per heavy atom. The van der Waals surface area contributed by atoms with Gasteiger partial charge in [-0.2, -0.15) is 5.10 Å². The number of fused-ring (bicyclic) bond motifs is 1. The molecule has 0 aliphatic heterocycles. The summed E-state index contributed by atoms with van der Waals surface area (Å²) in [7, 11) is 0. The molecule has 0 saturated heterocycles. The molecule has 41 heavy (non-hydrogen) atoms. The molecule has 5 aromatic rings. The van der Waals surface area contributed by atoms with Gasteiger partial charge in [0.1, 0.15) is 11.5 Å². The number of aromatic hydroxyl groups is 1. The van der Waals surface area contributed by atoms with Gasteiger partial charge in [0.05, 0.1) is 11.2 Å². The summed E-state index contributed by atoms with van der Waals surface area (Å²) >= 11 is 5.88. The maximum Gasteiger partial charge on any atom is 0.271 e. The number of halogens is 1. The van der Waals surface area contributed by atoms with Crippen LogP contribution in [0.3, 0.4) is 0 Å². The zero-order chi connectivity index (χ0) is 28.6. The predicted molar refractivity (Wildman–Crippen MR) is 161 cm³/mol. The maximum absolute atomic E-state index is 12.7. The number of hydrogen-bond acceptors (Lipinski definition) is 5. The van der Waals surface area contributed by atoms with E-state index >= 15 is 0 Å². The van der Waals surface area contributed by atoms with Crippen molar-refractivity contribution < 1.29 is 19.4 Å². The molecule has 0 aliphatic rings. The second kappa shape index (κ2) is 12.8. The number of carbonyl (C=O) groups is 2. The SMILES string of the molecule is O=C(COc1ccc(/C=N/NC(=O)c2ccc(O)c(Cl)c2)c2ccccc12)NCc1ccccc1-c1ccccc1. The normalized spacial score (nSPS) is 11.0. The molecule has 0 unspecified atom stereocenters. The van der Waals surface area contributed by atoms with Crippen LogP contribution < -0.4 is 15.5 Å². The van der Waals surface area contributed by atoms with Gasteiger partial charge >= 0.3 is 0 Å². The third kappa shape index (κ3) is 6.72. The van der Waals surface area contributed by atoms with Gasteiger partial charge < -0.3 is 15.2 Å². The van der Waals surface area contributed by atoms with E-state index in [0.29, 0.717) is 12.3 Å². The molecule has 0 aromatic heterocycles. The lowest BCUT2D eigenvalue weighted by Crippen LogP contribution is -2.28. The fourth-order valence-electron chi connectivity index (χ4n) is 4.37. The van der Waals surface area contributed by atoms with Crippen LogP contribution in [-0.4, -0.2) is 29.7 Å². The summed E-state index contributed by atoms with van der Waals surface area (Å²) in [5.41, 5.74) is 6.65. The summed E-state index contributed by atoms with van der Waals surface area (Å²) in [4.78, 5) is 25.1. The van der Waals surface area contributed by atoms with E-state index in [1.165, 1.54) is 24.4 Å². The molecule has 5 rings (SSSR count). The summed E-state index contributed by atoms with van der Waals surface area (Å²) in [6.45, 7) is 0.238. The Hall–Kier alpha value is -5.14. The molecule has 0 saturated carbocycles. The van der Waals surface area contributed by atoms with E-state index in [9.17, 15) is 14.7 Å². The lowest BCUT2D eigenvalue weighted by Gasteiger charge is -2.13. The Labute approximate surface area is 242 Å². The Kier molecular flexibility index (Phi) is 8.57. The molecule has 0 heterocycles. The van der Waals surface area contributed by atoms with Gasteiger partial charge in [0.2, 0.25) is 0 Å². The fraction of sp³-hybridized carbons (Fsp3) is 0.0606. The van der Waals surface area contributed by atoms with Crippen molar-refractivity contribution in [2.45, 2.75) is 6.54 Å². The largest absolute Gasteiger partial charge is 0.506 e. The zero-order valence-corrected chi connectivity index (χ0v) is 22.6. The minimum absolute atomic E-state index is 0.0777. The zero-order valence-electron chi connectivity index (χ0n) is 21.9. The first-order valence-corrected chi connectivity index (χ1v) is 13.2. The van der Waals surface area contributed by atoms with Crippen molar-refractivity contribution in [3.05, 3.63) is 131 Å². The van der Waals surface area contributed by atoms with Crippen LogP contribution in [0.25, 0.3) is 21.9 Å². The van der Waals surface area contributed by atoms with Crippen molar-refractivity contribution in [1.82, 2.24) is 10.7 Å². The summed E-state index contributed by atoms with van der Waals surface area (Å²) in [5.74, 6) is -0.254. The molecule has 0 radical (unpaired) electrons. The molecule has 0 aliphatic carbocycles. The molecular formula is C33H26ClN3O4. The number of rotatable bonds is 9. The van der Waals surface area contributed by atoms with Crippen LogP contribution in [-0.2, 0) is 11.3 Å². The fourth-order valence-corrected chi connectivity index (χ4v) is 4.55. The second-order valence-electron chi connectivity index (χ2n) is 9.15. The number of phenols is 1. The van der Waals surface area contributed by atoms with E-state index in [1.54, 1.807) is 12.1 Å². The highest BCUT2D eigenvalue weighted by Gasteiger charge is 2.11. The number of hydrogen-bond donors (Lipinski definition) is 3. The van der Waals surface area contributed by atoms with E-state index in [0.717, 1.165) is 33.0 Å². The first-order chi connectivity index (χ1) is 20.0. The number of nitrogens with one attached hydrogen (secondary N) is 2. The standard InChI is InChI=1S/C33H26ClN3O4/c34-29-18-23(14-16-30(29)38)33(40)37-36-20-25-15-17-31(28-13-7-6-12-27(25)28)41-21-32(39)35-19-24-10-4-5-11-26(24)22-8-2-1-3-9-22/h1-18,20,38H,19,21H2,(H,35,39)(H,37,40)/b36-20+. The molecule has 5 aromatic carbocycles. The monoisotopic (exact) mass is 563 g/mol. The highest BCUT2D eigenvalue weighted by molar-refractivity contribution is 6.32. The van der Waals surface area contributed by atoms with Crippen LogP contribution >= 0.6 is 11.6 Å². The number of ether oxygens (including phenoxy) is 1. The average Bonchev–Trinajstić information content (AvgIpc) is 3.01. The number of hydrazone groups is 1. The van der Waals surface area contributed by atoms with E-state index in [-0.39, 0.29) is 28.8 Å². The van der Waals surface area contributed by atoms with Gasteiger partial charge in [-0.25, -0.2) is 5.43 Å². The number of benzene rings is 5. The first kappa shape index (κ1) is 27.4. The third-order valence-corrected chi connectivity index (χ3v) is 6.74. The number of nitrogens with zero attached hydrogens (tertiary/aromatic N) is 1. The van der Waals surface area contributed by atoms with E-state index in [1.807, 2.05) is 78.9 Å². The first-order valence-electron chi connectivity index (χ1n) is 12.9. The molecule has 0 bridgehead atoms. The molecule has 8 heteroatoms. The Bertz CT molecular complexity index is 1740. The van der Waals surface area contributed by atoms with Gasteiger partial charge in [-0.15, -0.1) is 0 Å². The van der Waals surface area contributed by atoms with Crippen LogP contribution in [0, 0.1) is 0 Å². The second-order valence-corrected chi connectivity index (χ2v) is 9.56. The van der Waals surface area contributed by atoms with Gasteiger partial charge in [-0.3, -0.25) is 9.59 Å². The van der Waals surface area contributed by atoms with Crippen molar-refractivity contribution >= 4 is 40.4 Å². The van der Waals surface area contributed by atoms with Crippen molar-refractivity contribution in [1.29, 1.82) is 0 Å². The molecule has 0 fully saturated rings. The van der Waals surface area contributed by atoms with Crippen LogP contribution in [0.15, 0.2) is 114 Å². The van der Waals surface area contributed by atoms with Crippen LogP contribution in [0.5, 0.6) is 11.5 Å². The molecule has 0 spiro atoms. The highest BCUT2D eigenvalue weighted by atomic mass is 35.5. The van der Waals surface area contributed by atoms with Gasteiger partial charge in [0.15, 0.2) is 6.61 Å². The average molecular weight is 564 g/mol. The van der Waals surface area contributed by atoms with Gasteiger partial charge in [-0.1, -0.05) is 90.5 Å². The summed E-state index contributed by atoms with van der Waals surface area (Å²) in [6.07, 6.45) is 1.53. The van der Waals surface area contributed by atoms with Crippen molar-refractivity contribution in [3.63, 3.8) is 0 Å². The molecule has 204 valence electrons. The van der Waals surface area contributed by atoms with Crippen LogP contribution in [0.2, 0.25) is 5.02 Å². The van der Waals surface area contributed by atoms with Gasteiger partial charge in [-0.05, 0) is 52.4 Å². The molecule has 3 N–H and O–H groups in total. The minimum Gasteiger partial charge on any atom is -0.506 e. The summed E-state index contributed by atoms with van der Waals surface area (Å²) in [6, 6.07) is 33.3. The van der Waals surface area contributed by atoms with Crippen LogP contribution in [0.1, 0.15) is 21.5 Å². The minimum atomic E-state index is -0.468. The van der Waals surface area contributed by atoms with Crippen molar-refractivity contribution in [3.8, 4) is 22.6 Å². The third-order valence-electron chi connectivity index (χ3n) is 6.43. The number of phenolic OH excluding ortho intramolecular Hbond substituents is 1. The van der Waals surface area contributed by atoms with Crippen molar-refractivity contribution in [2.24, 2.45) is 5.10 Å². The highest BCUT2D eigenvalue weighted by Crippen LogP contribution is 2.28. The number of carbonyl (C=O) groups excluding carboxylic acids is 2. The predicted octanol–water partition coefficient (Wildman–Crippen LogP) is 6.32. The molecule has 0 atom stereocenters. The topological polar surface area (TPSA) is 100 Å². The molecule has 7 nitrogen and oxygen atoms in total. The Morgan fingerprint density at radius 2 is 1.59 bits per heavy atom. The quantitative estimate of drug-likeness (QED) is 0.144. The van der Waals surface area contributed by atoms with E-state index < -0.39 is 5.91 Å². The molecule has 2 amide bonds. The lowest BCUT2D eigenvalue weighted by molar-refractivity contribution is -0.123. The Balaban J connectivity index is 1.22. The van der Waals surface area contributed by atoms with Crippen LogP contribution in [0.4, 0.5) is 0 Å². The molecular weight excluding hydrogens is 538 g/mol. The van der Waals surface area contributed by atoms with Gasteiger partial charge in [0, 0.05) is 23.1 Å². The summed E-state index contributed by atoms with van der Waals surface area (Å²) < 4.78 is 5.90.